The number of methoxy groups -OCH3 is 2. The molecule has 0 bridgehead atoms. The van der Waals surface area contributed by atoms with Crippen molar-refractivity contribution in [2.45, 2.75) is 19.5 Å². The van der Waals surface area contributed by atoms with Crippen LogP contribution < -0.4 is 24.4 Å². The Balaban J connectivity index is 1.53. The number of amides is 2. The topological polar surface area (TPSA) is 77.1 Å². The van der Waals surface area contributed by atoms with Crippen LogP contribution in [-0.2, 0) is 16.0 Å². The maximum Gasteiger partial charge on any atom is 0.387 e. The highest BCUT2D eigenvalue weighted by Gasteiger charge is 2.34. The summed E-state index contributed by atoms with van der Waals surface area (Å²) in [6.07, 6.45) is 0.547. The van der Waals surface area contributed by atoms with Crippen LogP contribution in [0.15, 0.2) is 42.5 Å². The van der Waals surface area contributed by atoms with Crippen LogP contribution in [0, 0.1) is 5.92 Å². The van der Waals surface area contributed by atoms with Crippen LogP contribution in [0.5, 0.6) is 17.2 Å². The summed E-state index contributed by atoms with van der Waals surface area (Å²) < 4.78 is 39.7. The standard InChI is InChI=1S/C22H24F2N2O5/c1-29-17-6-4-16(5-7-17)26-13-15(12-20(26)27)21(28)25-10-9-14-3-8-18(30-2)19(11-14)31-22(23)24/h3-8,11,15,22H,9-10,12-13H2,1-2H3,(H,25,28). The Labute approximate surface area is 178 Å². The van der Waals surface area contributed by atoms with E-state index < -0.39 is 12.5 Å². The summed E-state index contributed by atoms with van der Waals surface area (Å²) in [5.41, 5.74) is 1.42. The summed E-state index contributed by atoms with van der Waals surface area (Å²) in [7, 11) is 2.93. The van der Waals surface area contributed by atoms with Gasteiger partial charge in [0.25, 0.3) is 0 Å². The minimum absolute atomic E-state index is 0.0575. The fourth-order valence-corrected chi connectivity index (χ4v) is 3.43. The lowest BCUT2D eigenvalue weighted by Crippen LogP contribution is -2.34. The van der Waals surface area contributed by atoms with Gasteiger partial charge in [-0.05, 0) is 48.4 Å². The second-order valence-corrected chi connectivity index (χ2v) is 7.01. The summed E-state index contributed by atoms with van der Waals surface area (Å²) in [4.78, 5) is 26.5. The Morgan fingerprint density at radius 3 is 2.52 bits per heavy atom. The molecule has 7 nitrogen and oxygen atoms in total. The van der Waals surface area contributed by atoms with E-state index in [1.165, 1.54) is 19.2 Å². The highest BCUT2D eigenvalue weighted by Crippen LogP contribution is 2.30. The highest BCUT2D eigenvalue weighted by molar-refractivity contribution is 6.00. The smallest absolute Gasteiger partial charge is 0.387 e. The van der Waals surface area contributed by atoms with Crippen molar-refractivity contribution in [1.29, 1.82) is 0 Å². The molecule has 0 aliphatic carbocycles. The number of carbonyl (C=O) groups excluding carboxylic acids is 2. The molecule has 3 rings (SSSR count). The van der Waals surface area contributed by atoms with Crippen molar-refractivity contribution in [3.8, 4) is 17.2 Å². The molecular weight excluding hydrogens is 410 g/mol. The lowest BCUT2D eigenvalue weighted by Gasteiger charge is -2.17. The molecule has 0 spiro atoms. The Morgan fingerprint density at radius 2 is 1.87 bits per heavy atom. The van der Waals surface area contributed by atoms with Gasteiger partial charge in [-0.25, -0.2) is 0 Å². The zero-order chi connectivity index (χ0) is 22.4. The number of carbonyl (C=O) groups is 2. The largest absolute Gasteiger partial charge is 0.497 e. The van der Waals surface area contributed by atoms with E-state index in [-0.39, 0.29) is 29.7 Å². The molecule has 0 aromatic heterocycles. The van der Waals surface area contributed by atoms with Crippen molar-refractivity contribution in [1.82, 2.24) is 5.32 Å². The van der Waals surface area contributed by atoms with Gasteiger partial charge in [0, 0.05) is 25.2 Å². The van der Waals surface area contributed by atoms with Crippen LogP contribution in [0.1, 0.15) is 12.0 Å². The number of hydrogen-bond donors (Lipinski definition) is 1. The quantitative estimate of drug-likeness (QED) is 0.657. The predicted molar refractivity (Wildman–Crippen MR) is 110 cm³/mol. The first-order valence-corrected chi connectivity index (χ1v) is 9.75. The van der Waals surface area contributed by atoms with Crippen molar-refractivity contribution < 1.29 is 32.6 Å². The van der Waals surface area contributed by atoms with Gasteiger partial charge in [0.05, 0.1) is 20.1 Å². The van der Waals surface area contributed by atoms with E-state index in [0.717, 1.165) is 0 Å². The molecule has 0 radical (unpaired) electrons. The minimum Gasteiger partial charge on any atom is -0.497 e. The molecule has 0 saturated carbocycles. The zero-order valence-electron chi connectivity index (χ0n) is 17.3. The summed E-state index contributed by atoms with van der Waals surface area (Å²) in [5, 5.41) is 2.81. The molecule has 1 aliphatic heterocycles. The van der Waals surface area contributed by atoms with Gasteiger partial charge in [-0.1, -0.05) is 6.07 Å². The van der Waals surface area contributed by atoms with Crippen molar-refractivity contribution >= 4 is 17.5 Å². The number of ether oxygens (including phenoxy) is 3. The molecule has 1 aliphatic rings. The number of anilines is 1. The average molecular weight is 434 g/mol. The van der Waals surface area contributed by atoms with Crippen LogP contribution in [-0.4, -0.2) is 45.7 Å². The van der Waals surface area contributed by atoms with Gasteiger partial charge in [0.15, 0.2) is 11.5 Å². The van der Waals surface area contributed by atoms with E-state index in [4.69, 9.17) is 9.47 Å². The van der Waals surface area contributed by atoms with E-state index in [9.17, 15) is 18.4 Å². The highest BCUT2D eigenvalue weighted by atomic mass is 19.3. The van der Waals surface area contributed by atoms with Gasteiger partial charge in [-0.2, -0.15) is 8.78 Å². The number of halogens is 2. The molecular formula is C22H24F2N2O5. The summed E-state index contributed by atoms with van der Waals surface area (Å²) in [5.74, 6) is 0.0405. The second-order valence-electron chi connectivity index (χ2n) is 7.01. The Bertz CT molecular complexity index is 921. The average Bonchev–Trinajstić information content (AvgIpc) is 3.15. The number of hydrogen-bond acceptors (Lipinski definition) is 5. The maximum absolute atomic E-state index is 12.6. The number of benzene rings is 2. The van der Waals surface area contributed by atoms with Crippen molar-refractivity contribution in [3.05, 3.63) is 48.0 Å². The Morgan fingerprint density at radius 1 is 1.13 bits per heavy atom. The van der Waals surface area contributed by atoms with E-state index >= 15 is 0 Å². The Kier molecular flexibility index (Phi) is 7.28. The number of nitrogens with one attached hydrogen (secondary N) is 1. The van der Waals surface area contributed by atoms with Gasteiger partial charge in [-0.15, -0.1) is 0 Å². The third-order valence-electron chi connectivity index (χ3n) is 5.04. The second kappa shape index (κ2) is 10.1. The third-order valence-corrected chi connectivity index (χ3v) is 5.04. The van der Waals surface area contributed by atoms with E-state index in [2.05, 4.69) is 10.1 Å². The molecule has 2 aromatic rings. The molecule has 31 heavy (non-hydrogen) atoms. The van der Waals surface area contributed by atoms with Crippen LogP contribution in [0.25, 0.3) is 0 Å². The fourth-order valence-electron chi connectivity index (χ4n) is 3.43. The first-order valence-electron chi connectivity index (χ1n) is 9.75. The van der Waals surface area contributed by atoms with Crippen LogP contribution >= 0.6 is 0 Å². The molecule has 1 N–H and O–H groups in total. The van der Waals surface area contributed by atoms with Crippen LogP contribution in [0.4, 0.5) is 14.5 Å². The number of rotatable bonds is 9. The zero-order valence-corrected chi connectivity index (χ0v) is 17.3. The maximum atomic E-state index is 12.6. The van der Waals surface area contributed by atoms with Crippen molar-refractivity contribution in [2.24, 2.45) is 5.92 Å². The predicted octanol–water partition coefficient (Wildman–Crippen LogP) is 3.02. The van der Waals surface area contributed by atoms with Gasteiger partial charge in [0.1, 0.15) is 5.75 Å². The molecule has 1 fully saturated rings. The molecule has 1 saturated heterocycles. The lowest BCUT2D eigenvalue weighted by atomic mass is 10.1. The molecule has 9 heteroatoms. The number of nitrogens with zero attached hydrogens (tertiary/aromatic N) is 1. The van der Waals surface area contributed by atoms with Gasteiger partial charge in [-0.3, -0.25) is 9.59 Å². The summed E-state index contributed by atoms with van der Waals surface area (Å²) in [6.45, 7) is -2.37. The SMILES string of the molecule is COc1ccc(N2CC(C(=O)NCCc3ccc(OC)c(OC(F)F)c3)CC2=O)cc1. The van der Waals surface area contributed by atoms with E-state index in [1.54, 1.807) is 42.3 Å². The lowest BCUT2D eigenvalue weighted by molar-refractivity contribution is -0.126. The monoisotopic (exact) mass is 434 g/mol. The van der Waals surface area contributed by atoms with Gasteiger partial charge < -0.3 is 24.4 Å². The van der Waals surface area contributed by atoms with E-state index in [1.807, 2.05) is 0 Å². The van der Waals surface area contributed by atoms with Crippen LogP contribution in [0.2, 0.25) is 0 Å². The summed E-state index contributed by atoms with van der Waals surface area (Å²) >= 11 is 0. The molecule has 1 heterocycles. The first-order chi connectivity index (χ1) is 14.9. The molecule has 1 atom stereocenters. The minimum atomic E-state index is -2.96. The van der Waals surface area contributed by atoms with E-state index in [0.29, 0.717) is 36.5 Å². The third kappa shape index (κ3) is 5.62. The van der Waals surface area contributed by atoms with Gasteiger partial charge >= 0.3 is 6.61 Å². The van der Waals surface area contributed by atoms with Crippen molar-refractivity contribution in [3.63, 3.8) is 0 Å². The molecule has 1 unspecified atom stereocenters. The van der Waals surface area contributed by atoms with Gasteiger partial charge in [0.2, 0.25) is 11.8 Å². The molecule has 2 amide bonds. The fraction of sp³-hybridized carbons (Fsp3) is 0.364. The Hall–Kier alpha value is -3.36. The first kappa shape index (κ1) is 22.3. The molecule has 166 valence electrons. The van der Waals surface area contributed by atoms with Crippen molar-refractivity contribution in [2.75, 3.05) is 32.2 Å². The molecule has 2 aromatic carbocycles. The van der Waals surface area contributed by atoms with Crippen LogP contribution in [0.3, 0.4) is 0 Å². The summed E-state index contributed by atoms with van der Waals surface area (Å²) in [6, 6.07) is 11.8. The normalized spacial score (nSPS) is 15.8. The number of alkyl halides is 2.